The highest BCUT2D eigenvalue weighted by molar-refractivity contribution is 6.01. The van der Waals surface area contributed by atoms with Crippen LogP contribution in [-0.4, -0.2) is 12.9 Å². The molecule has 0 saturated heterocycles. The van der Waals surface area contributed by atoms with Gasteiger partial charge in [-0.15, -0.1) is 0 Å². The van der Waals surface area contributed by atoms with Crippen LogP contribution in [0.1, 0.15) is 28.4 Å². The predicted molar refractivity (Wildman–Crippen MR) is 77.9 cm³/mol. The predicted octanol–water partition coefficient (Wildman–Crippen LogP) is 4.32. The van der Waals surface area contributed by atoms with Gasteiger partial charge in [-0.2, -0.15) is 0 Å². The number of carbonyl (C=O) groups is 1. The SMILES string of the molecule is COc1c(-c2cc(F)ccc2C(C)=O)ccc(C)c1C. The molecule has 0 radical (unpaired) electrons. The first-order valence-corrected chi connectivity index (χ1v) is 6.40. The zero-order valence-corrected chi connectivity index (χ0v) is 12.1. The lowest BCUT2D eigenvalue weighted by molar-refractivity contribution is 0.101. The van der Waals surface area contributed by atoms with Crippen molar-refractivity contribution in [2.24, 2.45) is 0 Å². The fourth-order valence-electron chi connectivity index (χ4n) is 2.31. The summed E-state index contributed by atoms with van der Waals surface area (Å²) in [4.78, 5) is 11.7. The molecule has 2 rings (SSSR count). The minimum atomic E-state index is -0.370. The summed E-state index contributed by atoms with van der Waals surface area (Å²) in [6, 6.07) is 8.00. The van der Waals surface area contributed by atoms with E-state index in [1.807, 2.05) is 26.0 Å². The molecule has 2 aromatic carbocycles. The van der Waals surface area contributed by atoms with Gasteiger partial charge in [-0.25, -0.2) is 4.39 Å². The van der Waals surface area contributed by atoms with Gasteiger partial charge in [-0.3, -0.25) is 4.79 Å². The lowest BCUT2D eigenvalue weighted by atomic mass is 9.93. The summed E-state index contributed by atoms with van der Waals surface area (Å²) in [6.45, 7) is 5.41. The maximum atomic E-state index is 13.6. The maximum Gasteiger partial charge on any atom is 0.160 e. The number of ether oxygens (including phenoxy) is 1. The molecular formula is C17H17FO2. The summed E-state index contributed by atoms with van der Waals surface area (Å²) in [5.41, 5.74) is 3.88. The highest BCUT2D eigenvalue weighted by Crippen LogP contribution is 2.36. The van der Waals surface area contributed by atoms with Crippen molar-refractivity contribution in [2.75, 3.05) is 7.11 Å². The number of aryl methyl sites for hydroxylation is 1. The van der Waals surface area contributed by atoms with Crippen LogP contribution in [0, 0.1) is 19.7 Å². The minimum absolute atomic E-state index is 0.0970. The zero-order chi connectivity index (χ0) is 14.9. The average Bonchev–Trinajstić information content (AvgIpc) is 2.41. The highest BCUT2D eigenvalue weighted by Gasteiger charge is 2.16. The van der Waals surface area contributed by atoms with E-state index in [9.17, 15) is 9.18 Å². The van der Waals surface area contributed by atoms with Crippen molar-refractivity contribution in [3.05, 3.63) is 52.8 Å². The first-order chi connectivity index (χ1) is 9.45. The van der Waals surface area contributed by atoms with E-state index in [2.05, 4.69) is 0 Å². The Labute approximate surface area is 118 Å². The number of halogens is 1. The van der Waals surface area contributed by atoms with Crippen LogP contribution in [-0.2, 0) is 0 Å². The standard InChI is InChI=1S/C17H17FO2/c1-10-5-7-15(17(20-4)11(10)2)16-9-13(18)6-8-14(16)12(3)19/h5-9H,1-4H3. The molecule has 104 valence electrons. The van der Waals surface area contributed by atoms with Crippen molar-refractivity contribution < 1.29 is 13.9 Å². The largest absolute Gasteiger partial charge is 0.496 e. The first kappa shape index (κ1) is 14.3. The normalized spacial score (nSPS) is 10.4. The van der Waals surface area contributed by atoms with E-state index in [0.29, 0.717) is 16.9 Å². The Bertz CT molecular complexity index is 675. The molecule has 3 heteroatoms. The molecule has 0 aromatic heterocycles. The molecule has 0 unspecified atom stereocenters. The van der Waals surface area contributed by atoms with Gasteiger partial charge in [-0.05, 0) is 55.7 Å². The quantitative estimate of drug-likeness (QED) is 0.778. The molecule has 0 aliphatic heterocycles. The molecule has 0 aliphatic rings. The molecule has 0 atom stereocenters. The second-order valence-corrected chi connectivity index (χ2v) is 4.83. The van der Waals surface area contributed by atoms with Crippen molar-refractivity contribution in [1.29, 1.82) is 0 Å². The Morgan fingerprint density at radius 2 is 1.80 bits per heavy atom. The van der Waals surface area contributed by atoms with Crippen molar-refractivity contribution in [3.63, 3.8) is 0 Å². The van der Waals surface area contributed by atoms with Crippen LogP contribution in [0.5, 0.6) is 5.75 Å². The van der Waals surface area contributed by atoms with E-state index in [4.69, 9.17) is 4.74 Å². The number of rotatable bonds is 3. The summed E-state index contributed by atoms with van der Waals surface area (Å²) < 4.78 is 19.0. The minimum Gasteiger partial charge on any atom is -0.496 e. The van der Waals surface area contributed by atoms with Gasteiger partial charge in [0.1, 0.15) is 11.6 Å². The van der Waals surface area contributed by atoms with Crippen LogP contribution >= 0.6 is 0 Å². The molecule has 2 aromatic rings. The Hall–Kier alpha value is -2.16. The van der Waals surface area contributed by atoms with Gasteiger partial charge in [0.25, 0.3) is 0 Å². The maximum absolute atomic E-state index is 13.6. The summed E-state index contributed by atoms with van der Waals surface area (Å²) >= 11 is 0. The van der Waals surface area contributed by atoms with Crippen LogP contribution in [0.4, 0.5) is 4.39 Å². The third kappa shape index (κ3) is 2.44. The molecule has 0 saturated carbocycles. The highest BCUT2D eigenvalue weighted by atomic mass is 19.1. The Kier molecular flexibility index (Phi) is 3.89. The van der Waals surface area contributed by atoms with Gasteiger partial charge in [0.05, 0.1) is 7.11 Å². The second kappa shape index (κ2) is 5.45. The molecule has 2 nitrogen and oxygen atoms in total. The lowest BCUT2D eigenvalue weighted by Crippen LogP contribution is -2.00. The van der Waals surface area contributed by atoms with Crippen LogP contribution in [0.25, 0.3) is 11.1 Å². The first-order valence-electron chi connectivity index (χ1n) is 6.40. The molecule has 0 spiro atoms. The molecule has 0 aliphatic carbocycles. The van der Waals surface area contributed by atoms with Crippen molar-refractivity contribution in [3.8, 4) is 16.9 Å². The van der Waals surface area contributed by atoms with Gasteiger partial charge < -0.3 is 4.74 Å². The number of ketones is 1. The third-order valence-electron chi connectivity index (χ3n) is 3.53. The number of Topliss-reactive ketones (excluding diaryl/α,β-unsaturated/α-hetero) is 1. The molecule has 0 amide bonds. The number of hydrogen-bond donors (Lipinski definition) is 0. The van der Waals surface area contributed by atoms with Crippen molar-refractivity contribution >= 4 is 5.78 Å². The smallest absolute Gasteiger partial charge is 0.160 e. The number of carbonyl (C=O) groups excluding carboxylic acids is 1. The van der Waals surface area contributed by atoms with Crippen LogP contribution < -0.4 is 4.74 Å². The molecule has 0 fully saturated rings. The van der Waals surface area contributed by atoms with Crippen molar-refractivity contribution in [2.45, 2.75) is 20.8 Å². The molecule has 0 N–H and O–H groups in total. The third-order valence-corrected chi connectivity index (χ3v) is 3.53. The van der Waals surface area contributed by atoms with E-state index >= 15 is 0 Å². The monoisotopic (exact) mass is 272 g/mol. The topological polar surface area (TPSA) is 26.3 Å². The van der Waals surface area contributed by atoms with Crippen LogP contribution in [0.15, 0.2) is 30.3 Å². The van der Waals surface area contributed by atoms with Gasteiger partial charge in [-0.1, -0.05) is 12.1 Å². The van der Waals surface area contributed by atoms with Gasteiger partial charge in [0, 0.05) is 11.1 Å². The summed E-state index contributed by atoms with van der Waals surface area (Å²) in [5, 5.41) is 0. The van der Waals surface area contributed by atoms with Gasteiger partial charge in [0.15, 0.2) is 5.78 Å². The number of methoxy groups -OCH3 is 1. The van der Waals surface area contributed by atoms with Gasteiger partial charge >= 0.3 is 0 Å². The molecular weight excluding hydrogens is 255 g/mol. The van der Waals surface area contributed by atoms with E-state index < -0.39 is 0 Å². The lowest BCUT2D eigenvalue weighted by Gasteiger charge is -2.15. The van der Waals surface area contributed by atoms with Crippen LogP contribution in [0.2, 0.25) is 0 Å². The van der Waals surface area contributed by atoms with Crippen molar-refractivity contribution in [1.82, 2.24) is 0 Å². The van der Waals surface area contributed by atoms with Crippen LogP contribution in [0.3, 0.4) is 0 Å². The zero-order valence-electron chi connectivity index (χ0n) is 12.1. The average molecular weight is 272 g/mol. The summed E-state index contributed by atoms with van der Waals surface area (Å²) in [6.07, 6.45) is 0. The van der Waals surface area contributed by atoms with E-state index in [0.717, 1.165) is 16.7 Å². The van der Waals surface area contributed by atoms with E-state index in [1.165, 1.54) is 25.1 Å². The fourth-order valence-corrected chi connectivity index (χ4v) is 2.31. The molecule has 0 bridgehead atoms. The number of benzene rings is 2. The molecule has 20 heavy (non-hydrogen) atoms. The van der Waals surface area contributed by atoms with E-state index in [-0.39, 0.29) is 11.6 Å². The Morgan fingerprint density at radius 1 is 1.10 bits per heavy atom. The Balaban J connectivity index is 2.77. The Morgan fingerprint density at radius 3 is 2.40 bits per heavy atom. The molecule has 0 heterocycles. The van der Waals surface area contributed by atoms with Gasteiger partial charge in [0.2, 0.25) is 0 Å². The second-order valence-electron chi connectivity index (χ2n) is 4.83. The fraction of sp³-hybridized carbons (Fsp3) is 0.235. The summed E-state index contributed by atoms with van der Waals surface area (Å²) in [5.74, 6) is 0.212. The number of hydrogen-bond acceptors (Lipinski definition) is 2. The summed E-state index contributed by atoms with van der Waals surface area (Å²) in [7, 11) is 1.58. The van der Waals surface area contributed by atoms with E-state index in [1.54, 1.807) is 7.11 Å².